The van der Waals surface area contributed by atoms with Crippen molar-refractivity contribution in [3.05, 3.63) is 87.3 Å². The van der Waals surface area contributed by atoms with E-state index in [-0.39, 0.29) is 10.6 Å². The van der Waals surface area contributed by atoms with E-state index >= 15 is 0 Å². The molecule has 0 amide bonds. The van der Waals surface area contributed by atoms with Crippen molar-refractivity contribution in [2.75, 3.05) is 19.1 Å². The smallest absolute Gasteiger partial charge is 0.287 e. The molecule has 134 valence electrons. The maximum absolute atomic E-state index is 12.6. The predicted molar refractivity (Wildman–Crippen MR) is 104 cm³/mol. The van der Waals surface area contributed by atoms with Crippen molar-refractivity contribution in [1.29, 1.82) is 0 Å². The van der Waals surface area contributed by atoms with Crippen LogP contribution in [0, 0.1) is 0 Å². The Labute approximate surface area is 157 Å². The highest BCUT2D eigenvalue weighted by molar-refractivity contribution is 6.33. The van der Waals surface area contributed by atoms with Crippen LogP contribution in [0.1, 0.15) is 11.1 Å². The van der Waals surface area contributed by atoms with Gasteiger partial charge in [0.05, 0.1) is 25.5 Å². The van der Waals surface area contributed by atoms with E-state index in [9.17, 15) is 4.79 Å². The highest BCUT2D eigenvalue weighted by atomic mass is 35.5. The van der Waals surface area contributed by atoms with Gasteiger partial charge in [-0.1, -0.05) is 54.1 Å². The van der Waals surface area contributed by atoms with E-state index in [1.807, 2.05) is 66.5 Å². The fourth-order valence-corrected chi connectivity index (χ4v) is 2.97. The molecule has 5 nitrogen and oxygen atoms in total. The number of methoxy groups -OCH3 is 1. The van der Waals surface area contributed by atoms with Gasteiger partial charge in [-0.05, 0) is 23.3 Å². The van der Waals surface area contributed by atoms with E-state index in [1.54, 1.807) is 13.3 Å². The van der Waals surface area contributed by atoms with Gasteiger partial charge < -0.3 is 9.64 Å². The molecule has 0 radical (unpaired) electrons. The van der Waals surface area contributed by atoms with Crippen LogP contribution in [0.2, 0.25) is 5.02 Å². The predicted octanol–water partition coefficient (Wildman–Crippen LogP) is 3.59. The lowest BCUT2D eigenvalue weighted by Gasteiger charge is -2.20. The number of rotatable bonds is 6. The third kappa shape index (κ3) is 4.06. The molecular formula is C20H20ClN3O2. The SMILES string of the molecule is COc1ccc(CN(C)c2cnn(Cc3ccccc3)c(=O)c2Cl)cc1. The summed E-state index contributed by atoms with van der Waals surface area (Å²) in [5.41, 5.74) is 2.39. The first-order valence-electron chi connectivity index (χ1n) is 8.22. The lowest BCUT2D eigenvalue weighted by atomic mass is 10.2. The topological polar surface area (TPSA) is 47.4 Å². The van der Waals surface area contributed by atoms with Crippen molar-refractivity contribution in [2.45, 2.75) is 13.1 Å². The third-order valence-electron chi connectivity index (χ3n) is 4.13. The Morgan fingerprint density at radius 1 is 1.08 bits per heavy atom. The summed E-state index contributed by atoms with van der Waals surface area (Å²) in [5, 5.41) is 4.46. The number of benzene rings is 2. The molecule has 1 heterocycles. The average molecular weight is 370 g/mol. The van der Waals surface area contributed by atoms with Gasteiger partial charge >= 0.3 is 0 Å². The molecule has 0 N–H and O–H groups in total. The molecule has 0 saturated carbocycles. The minimum atomic E-state index is -0.297. The van der Waals surface area contributed by atoms with Crippen molar-refractivity contribution in [3.63, 3.8) is 0 Å². The van der Waals surface area contributed by atoms with Crippen LogP contribution in [-0.4, -0.2) is 23.9 Å². The van der Waals surface area contributed by atoms with Crippen molar-refractivity contribution in [3.8, 4) is 5.75 Å². The molecule has 6 heteroatoms. The van der Waals surface area contributed by atoms with E-state index < -0.39 is 0 Å². The van der Waals surface area contributed by atoms with Crippen LogP contribution in [0.5, 0.6) is 5.75 Å². The van der Waals surface area contributed by atoms with Gasteiger partial charge in [0.15, 0.2) is 0 Å². The molecule has 0 atom stereocenters. The zero-order chi connectivity index (χ0) is 18.5. The molecule has 3 aromatic rings. The average Bonchev–Trinajstić information content (AvgIpc) is 2.67. The van der Waals surface area contributed by atoms with E-state index in [0.717, 1.165) is 16.9 Å². The van der Waals surface area contributed by atoms with E-state index in [0.29, 0.717) is 18.8 Å². The second-order valence-corrected chi connectivity index (χ2v) is 6.37. The molecule has 0 aliphatic rings. The summed E-state index contributed by atoms with van der Waals surface area (Å²) in [4.78, 5) is 14.5. The molecule has 0 fully saturated rings. The second-order valence-electron chi connectivity index (χ2n) is 6.00. The fourth-order valence-electron chi connectivity index (χ4n) is 2.68. The number of aromatic nitrogens is 2. The second kappa shape index (κ2) is 8.06. The van der Waals surface area contributed by atoms with Crippen LogP contribution in [0.15, 0.2) is 65.6 Å². The molecule has 0 bridgehead atoms. The van der Waals surface area contributed by atoms with E-state index in [1.165, 1.54) is 4.68 Å². The highest BCUT2D eigenvalue weighted by Gasteiger charge is 2.13. The van der Waals surface area contributed by atoms with Crippen LogP contribution < -0.4 is 15.2 Å². The Hall–Kier alpha value is -2.79. The molecule has 0 spiro atoms. The first-order chi connectivity index (χ1) is 12.6. The van der Waals surface area contributed by atoms with Gasteiger partial charge in [0, 0.05) is 13.6 Å². The molecule has 0 aliphatic heterocycles. The molecule has 0 unspecified atom stereocenters. The Kier molecular flexibility index (Phi) is 5.58. The lowest BCUT2D eigenvalue weighted by Crippen LogP contribution is -2.27. The molecule has 0 saturated heterocycles. The minimum absolute atomic E-state index is 0.173. The van der Waals surface area contributed by atoms with Gasteiger partial charge in [-0.3, -0.25) is 4.79 Å². The van der Waals surface area contributed by atoms with Crippen molar-refractivity contribution in [2.24, 2.45) is 0 Å². The molecular weight excluding hydrogens is 350 g/mol. The monoisotopic (exact) mass is 369 g/mol. The van der Waals surface area contributed by atoms with Gasteiger partial charge in [-0.2, -0.15) is 5.10 Å². The standard InChI is InChI=1S/C20H20ClN3O2/c1-23(13-16-8-10-17(26-2)11-9-16)18-12-22-24(20(25)19(18)21)14-15-6-4-3-5-7-15/h3-12H,13-14H2,1-2H3. The maximum atomic E-state index is 12.6. The lowest BCUT2D eigenvalue weighted by molar-refractivity contribution is 0.414. The maximum Gasteiger partial charge on any atom is 0.287 e. The number of nitrogens with zero attached hydrogens (tertiary/aromatic N) is 3. The summed E-state index contributed by atoms with van der Waals surface area (Å²) in [5.74, 6) is 0.805. The first kappa shape index (κ1) is 18.0. The zero-order valence-electron chi connectivity index (χ0n) is 14.7. The number of halogens is 1. The summed E-state index contributed by atoms with van der Waals surface area (Å²) in [6.07, 6.45) is 1.64. The van der Waals surface area contributed by atoms with Crippen molar-refractivity contribution in [1.82, 2.24) is 9.78 Å². The summed E-state index contributed by atoms with van der Waals surface area (Å²) in [6, 6.07) is 17.5. The Balaban J connectivity index is 1.79. The minimum Gasteiger partial charge on any atom is -0.497 e. The molecule has 2 aromatic carbocycles. The van der Waals surface area contributed by atoms with Crippen LogP contribution in [0.25, 0.3) is 0 Å². The fraction of sp³-hybridized carbons (Fsp3) is 0.200. The molecule has 3 rings (SSSR count). The number of ether oxygens (including phenoxy) is 1. The van der Waals surface area contributed by atoms with Gasteiger partial charge in [0.2, 0.25) is 0 Å². The van der Waals surface area contributed by atoms with E-state index in [2.05, 4.69) is 5.10 Å². The quantitative estimate of drug-likeness (QED) is 0.666. The molecule has 0 aliphatic carbocycles. The zero-order valence-corrected chi connectivity index (χ0v) is 15.5. The van der Waals surface area contributed by atoms with E-state index in [4.69, 9.17) is 16.3 Å². The number of hydrogen-bond acceptors (Lipinski definition) is 4. The van der Waals surface area contributed by atoms with Crippen LogP contribution in [-0.2, 0) is 13.1 Å². The first-order valence-corrected chi connectivity index (χ1v) is 8.60. The van der Waals surface area contributed by atoms with Crippen molar-refractivity contribution < 1.29 is 4.74 Å². The Morgan fingerprint density at radius 2 is 1.77 bits per heavy atom. The van der Waals surface area contributed by atoms with Gasteiger partial charge in [-0.25, -0.2) is 4.68 Å². The van der Waals surface area contributed by atoms with Gasteiger partial charge in [0.1, 0.15) is 10.8 Å². The van der Waals surface area contributed by atoms with Crippen LogP contribution in [0.4, 0.5) is 5.69 Å². The van der Waals surface area contributed by atoms with Gasteiger partial charge in [-0.15, -0.1) is 0 Å². The number of hydrogen-bond donors (Lipinski definition) is 0. The number of anilines is 1. The summed E-state index contributed by atoms with van der Waals surface area (Å²) < 4.78 is 6.54. The largest absolute Gasteiger partial charge is 0.497 e. The third-order valence-corrected chi connectivity index (χ3v) is 4.49. The Bertz CT molecular complexity index is 924. The molecule has 1 aromatic heterocycles. The summed E-state index contributed by atoms with van der Waals surface area (Å²) >= 11 is 6.34. The summed E-state index contributed by atoms with van der Waals surface area (Å²) in [6.45, 7) is 0.995. The van der Waals surface area contributed by atoms with Gasteiger partial charge in [0.25, 0.3) is 5.56 Å². The van der Waals surface area contributed by atoms with Crippen LogP contribution in [0.3, 0.4) is 0 Å². The summed E-state index contributed by atoms with van der Waals surface area (Å²) in [7, 11) is 3.52. The normalized spacial score (nSPS) is 10.6. The highest BCUT2D eigenvalue weighted by Crippen LogP contribution is 2.22. The molecule has 26 heavy (non-hydrogen) atoms. The Morgan fingerprint density at radius 3 is 2.42 bits per heavy atom. The van der Waals surface area contributed by atoms with Crippen LogP contribution >= 0.6 is 11.6 Å². The van der Waals surface area contributed by atoms with Crippen molar-refractivity contribution >= 4 is 17.3 Å².